The zero-order chi connectivity index (χ0) is 19.8. The molecule has 1 saturated heterocycles. The second kappa shape index (κ2) is 7.82. The molecule has 146 valence electrons. The summed E-state index contributed by atoms with van der Waals surface area (Å²) in [5, 5.41) is 6.66. The summed E-state index contributed by atoms with van der Waals surface area (Å²) in [6, 6.07) is 9.68. The van der Waals surface area contributed by atoms with Crippen molar-refractivity contribution >= 4 is 34.0 Å². The van der Waals surface area contributed by atoms with Gasteiger partial charge in [-0.15, -0.1) is 0 Å². The van der Waals surface area contributed by atoms with Crippen LogP contribution in [0.15, 0.2) is 41.2 Å². The zero-order valence-corrected chi connectivity index (χ0v) is 17.0. The monoisotopic (exact) mass is 419 g/mol. The molecule has 0 amide bonds. The van der Waals surface area contributed by atoms with Gasteiger partial charge in [0.25, 0.3) is 5.56 Å². The van der Waals surface area contributed by atoms with E-state index in [0.717, 1.165) is 37.2 Å². The maximum atomic E-state index is 13.3. The Hall–Kier alpha value is -1.95. The highest BCUT2D eigenvalue weighted by molar-refractivity contribution is 6.42. The van der Waals surface area contributed by atoms with E-state index in [0.29, 0.717) is 27.2 Å². The minimum absolute atomic E-state index is 0.0505. The van der Waals surface area contributed by atoms with Gasteiger partial charge < -0.3 is 4.90 Å². The number of fused-ring (bicyclic) bond motifs is 1. The van der Waals surface area contributed by atoms with Crippen LogP contribution in [0.5, 0.6) is 0 Å². The molecule has 0 atom stereocenters. The molecule has 0 bridgehead atoms. The van der Waals surface area contributed by atoms with E-state index in [4.69, 9.17) is 28.3 Å². The third kappa shape index (κ3) is 3.79. The highest BCUT2D eigenvalue weighted by atomic mass is 35.5. The molecule has 1 aliphatic rings. The summed E-state index contributed by atoms with van der Waals surface area (Å²) in [4.78, 5) is 15.4. The Balaban J connectivity index is 1.86. The van der Waals surface area contributed by atoms with E-state index < -0.39 is 0 Å². The van der Waals surface area contributed by atoms with E-state index in [1.807, 2.05) is 0 Å². The predicted molar refractivity (Wildman–Crippen MR) is 111 cm³/mol. The van der Waals surface area contributed by atoms with Gasteiger partial charge in [0.05, 0.1) is 27.2 Å². The van der Waals surface area contributed by atoms with Gasteiger partial charge in [-0.05, 0) is 62.8 Å². The van der Waals surface area contributed by atoms with Crippen LogP contribution in [0.25, 0.3) is 10.8 Å². The topological polar surface area (TPSA) is 38.1 Å². The van der Waals surface area contributed by atoms with Gasteiger partial charge in [-0.1, -0.05) is 35.3 Å². The maximum Gasteiger partial charge on any atom is 0.274 e. The van der Waals surface area contributed by atoms with Crippen LogP contribution < -0.4 is 5.56 Å². The lowest BCUT2D eigenvalue weighted by Crippen LogP contribution is -2.37. The van der Waals surface area contributed by atoms with E-state index in [2.05, 4.69) is 11.9 Å². The number of aromatic nitrogens is 2. The van der Waals surface area contributed by atoms with Crippen molar-refractivity contribution in [2.24, 2.45) is 0 Å². The molecule has 0 radical (unpaired) electrons. The van der Waals surface area contributed by atoms with Gasteiger partial charge in [-0.25, -0.2) is 9.07 Å². The smallest absolute Gasteiger partial charge is 0.274 e. The van der Waals surface area contributed by atoms with Crippen molar-refractivity contribution in [2.75, 3.05) is 20.1 Å². The van der Waals surface area contributed by atoms with E-state index in [1.54, 1.807) is 28.9 Å². The molecule has 0 unspecified atom stereocenters. The van der Waals surface area contributed by atoms with Gasteiger partial charge in [0, 0.05) is 11.8 Å². The van der Waals surface area contributed by atoms with Gasteiger partial charge in [-0.2, -0.15) is 5.10 Å². The van der Waals surface area contributed by atoms with Crippen LogP contribution in [0.1, 0.15) is 30.1 Å². The number of benzene rings is 2. The van der Waals surface area contributed by atoms with Crippen molar-refractivity contribution < 1.29 is 4.39 Å². The lowest BCUT2D eigenvalue weighted by Gasteiger charge is -2.29. The van der Waals surface area contributed by atoms with E-state index in [9.17, 15) is 9.18 Å². The molecular weight excluding hydrogens is 400 g/mol. The summed E-state index contributed by atoms with van der Waals surface area (Å²) in [5.74, 6) is -0.285. The fraction of sp³-hybridized carbons (Fsp3) is 0.333. The van der Waals surface area contributed by atoms with Crippen molar-refractivity contribution in [1.29, 1.82) is 0 Å². The van der Waals surface area contributed by atoms with Crippen molar-refractivity contribution in [3.05, 3.63) is 73.9 Å². The van der Waals surface area contributed by atoms with Crippen molar-refractivity contribution in [2.45, 2.75) is 25.3 Å². The van der Waals surface area contributed by atoms with E-state index in [1.165, 1.54) is 12.1 Å². The Morgan fingerprint density at radius 3 is 2.32 bits per heavy atom. The number of nitrogens with zero attached hydrogens (tertiary/aromatic N) is 3. The number of halogens is 3. The van der Waals surface area contributed by atoms with Crippen molar-refractivity contribution in [3.63, 3.8) is 0 Å². The summed E-state index contributed by atoms with van der Waals surface area (Å²) in [6.07, 6.45) is 2.21. The molecule has 0 spiro atoms. The van der Waals surface area contributed by atoms with Crippen LogP contribution in [0, 0.1) is 5.82 Å². The highest BCUT2D eigenvalue weighted by Gasteiger charge is 2.23. The summed E-state index contributed by atoms with van der Waals surface area (Å²) >= 11 is 12.4. The number of piperidine rings is 1. The molecule has 1 aliphatic heterocycles. The molecule has 28 heavy (non-hydrogen) atoms. The highest BCUT2D eigenvalue weighted by Crippen LogP contribution is 2.29. The zero-order valence-electron chi connectivity index (χ0n) is 15.5. The van der Waals surface area contributed by atoms with Crippen LogP contribution in [0.3, 0.4) is 0 Å². The Labute approximate surface area is 172 Å². The molecule has 0 saturated carbocycles. The third-order valence-electron chi connectivity index (χ3n) is 5.36. The van der Waals surface area contributed by atoms with Gasteiger partial charge in [0.1, 0.15) is 5.82 Å². The van der Waals surface area contributed by atoms with Gasteiger partial charge >= 0.3 is 0 Å². The average molecular weight is 420 g/mol. The molecule has 1 fully saturated rings. The number of hydrogen-bond acceptors (Lipinski definition) is 3. The van der Waals surface area contributed by atoms with Crippen molar-refractivity contribution in [3.8, 4) is 0 Å². The summed E-state index contributed by atoms with van der Waals surface area (Å²) in [6.45, 7) is 1.84. The van der Waals surface area contributed by atoms with Gasteiger partial charge in [0.2, 0.25) is 0 Å². The average Bonchev–Trinajstić information content (AvgIpc) is 2.68. The predicted octanol–water partition coefficient (Wildman–Crippen LogP) is 4.70. The first kappa shape index (κ1) is 19.4. The van der Waals surface area contributed by atoms with E-state index >= 15 is 0 Å². The molecule has 4 nitrogen and oxygen atoms in total. The Morgan fingerprint density at radius 1 is 1.07 bits per heavy atom. The fourth-order valence-electron chi connectivity index (χ4n) is 3.73. The normalized spacial score (nSPS) is 16.0. The Bertz CT molecular complexity index is 1070. The number of hydrogen-bond donors (Lipinski definition) is 0. The van der Waals surface area contributed by atoms with E-state index in [-0.39, 0.29) is 17.4 Å². The Morgan fingerprint density at radius 2 is 1.68 bits per heavy atom. The number of rotatable bonds is 3. The second-order valence-corrected chi connectivity index (χ2v) is 8.16. The first-order chi connectivity index (χ1) is 13.4. The molecular formula is C21H20Cl2FN3O. The molecule has 0 aliphatic carbocycles. The molecule has 2 heterocycles. The first-order valence-corrected chi connectivity index (χ1v) is 10.0. The molecule has 1 aromatic heterocycles. The van der Waals surface area contributed by atoms with Gasteiger partial charge in [-0.3, -0.25) is 4.79 Å². The van der Waals surface area contributed by atoms with Crippen LogP contribution in [0.2, 0.25) is 10.0 Å². The maximum absolute atomic E-state index is 13.3. The van der Waals surface area contributed by atoms with Crippen LogP contribution in [-0.4, -0.2) is 34.8 Å². The lowest BCUT2D eigenvalue weighted by atomic mass is 10.0. The standard InChI is InChI=1S/C21H20Cl2FN3O/c1-26-8-6-15(7-9-26)27-21(28)17-12-19(23)18(22)11-16(17)20(25-27)10-13-2-4-14(24)5-3-13/h2-5,11-12,15H,6-10H2,1H3. The quantitative estimate of drug-likeness (QED) is 0.617. The second-order valence-electron chi connectivity index (χ2n) is 7.35. The molecule has 2 aromatic carbocycles. The largest absolute Gasteiger partial charge is 0.306 e. The summed E-state index contributed by atoms with van der Waals surface area (Å²) in [7, 11) is 2.08. The lowest BCUT2D eigenvalue weighted by molar-refractivity contribution is 0.208. The van der Waals surface area contributed by atoms with Gasteiger partial charge in [0.15, 0.2) is 0 Å². The van der Waals surface area contributed by atoms with Crippen LogP contribution in [0.4, 0.5) is 4.39 Å². The molecule has 7 heteroatoms. The fourth-order valence-corrected chi connectivity index (χ4v) is 4.06. The first-order valence-electron chi connectivity index (χ1n) is 9.26. The molecule has 0 N–H and O–H groups in total. The number of likely N-dealkylation sites (tertiary alicyclic amines) is 1. The minimum Gasteiger partial charge on any atom is -0.306 e. The van der Waals surface area contributed by atoms with Crippen molar-refractivity contribution in [1.82, 2.24) is 14.7 Å². The molecule has 3 aromatic rings. The molecule has 4 rings (SSSR count). The summed E-state index contributed by atoms with van der Waals surface area (Å²) in [5.41, 5.74) is 1.50. The third-order valence-corrected chi connectivity index (χ3v) is 6.08. The minimum atomic E-state index is -0.285. The Kier molecular flexibility index (Phi) is 5.41. The SMILES string of the molecule is CN1CCC(n2nc(Cc3ccc(F)cc3)c3cc(Cl)c(Cl)cc3c2=O)CC1. The van der Waals surface area contributed by atoms with Crippen LogP contribution in [-0.2, 0) is 6.42 Å². The van der Waals surface area contributed by atoms with Crippen LogP contribution >= 0.6 is 23.2 Å². The summed E-state index contributed by atoms with van der Waals surface area (Å²) < 4.78 is 14.9.